The van der Waals surface area contributed by atoms with Gasteiger partial charge in [-0.15, -0.1) is 0 Å². The molecular formula is C30H43N3O4. The summed E-state index contributed by atoms with van der Waals surface area (Å²) in [4.78, 5) is 34.8. The molecule has 202 valence electrons. The van der Waals surface area contributed by atoms with Gasteiger partial charge < -0.3 is 19.6 Å². The van der Waals surface area contributed by atoms with Crippen LogP contribution in [0.3, 0.4) is 0 Å². The van der Waals surface area contributed by atoms with E-state index < -0.39 is 0 Å². The Morgan fingerprint density at radius 3 is 2.54 bits per heavy atom. The van der Waals surface area contributed by atoms with E-state index in [1.807, 2.05) is 20.9 Å². The number of pyridine rings is 1. The third kappa shape index (κ3) is 6.84. The van der Waals surface area contributed by atoms with Crippen molar-refractivity contribution >= 4 is 11.8 Å². The van der Waals surface area contributed by atoms with Gasteiger partial charge in [0.2, 0.25) is 11.8 Å². The van der Waals surface area contributed by atoms with Crippen LogP contribution in [0.15, 0.2) is 12.3 Å². The van der Waals surface area contributed by atoms with Crippen molar-refractivity contribution in [3.63, 3.8) is 0 Å². The molecule has 7 nitrogen and oxygen atoms in total. The molecule has 0 spiro atoms. The van der Waals surface area contributed by atoms with Gasteiger partial charge in [0, 0.05) is 43.1 Å². The first-order valence-electron chi connectivity index (χ1n) is 14.2. The minimum Gasteiger partial charge on any atom is -0.472 e. The number of carbonyl (C=O) groups is 2. The van der Waals surface area contributed by atoms with E-state index in [-0.39, 0.29) is 48.3 Å². The first kappa shape index (κ1) is 27.4. The first-order valence-corrected chi connectivity index (χ1v) is 14.2. The fraction of sp³-hybridized carbons (Fsp3) is 0.700. The molecule has 1 aromatic rings. The molecule has 7 heteroatoms. The molecule has 1 aromatic heterocycles. The number of aliphatic hydroxyl groups excluding tert-OH is 1. The number of aromatic nitrogens is 1. The van der Waals surface area contributed by atoms with Crippen LogP contribution in [0.1, 0.15) is 94.0 Å². The van der Waals surface area contributed by atoms with Crippen LogP contribution >= 0.6 is 0 Å². The smallest absolute Gasteiger partial charge is 0.259 e. The molecule has 3 atom stereocenters. The maximum atomic E-state index is 13.6. The first-order chi connectivity index (χ1) is 17.9. The highest BCUT2D eigenvalue weighted by Gasteiger charge is 2.35. The number of carbonyl (C=O) groups excluding carboxylic acids is 2. The molecule has 2 amide bonds. The van der Waals surface area contributed by atoms with Crippen LogP contribution in [0, 0.1) is 29.6 Å². The molecule has 2 aliphatic carbocycles. The number of fused-ring (bicyclic) bond motifs is 1. The fourth-order valence-corrected chi connectivity index (χ4v) is 5.84. The Kier molecular flexibility index (Phi) is 9.48. The summed E-state index contributed by atoms with van der Waals surface area (Å²) in [5.74, 6) is 7.30. The Balaban J connectivity index is 1.58. The Morgan fingerprint density at radius 1 is 1.19 bits per heavy atom. The Bertz CT molecular complexity index is 1000. The number of hydrogen-bond acceptors (Lipinski definition) is 5. The van der Waals surface area contributed by atoms with Gasteiger partial charge in [0.15, 0.2) is 0 Å². The molecule has 1 N–H and O–H groups in total. The van der Waals surface area contributed by atoms with E-state index in [2.05, 4.69) is 16.8 Å². The van der Waals surface area contributed by atoms with E-state index in [1.165, 1.54) is 25.7 Å². The molecule has 37 heavy (non-hydrogen) atoms. The lowest BCUT2D eigenvalue weighted by Crippen LogP contribution is -2.51. The maximum Gasteiger partial charge on any atom is 0.259 e. The third-order valence-electron chi connectivity index (χ3n) is 8.33. The molecule has 2 saturated carbocycles. The van der Waals surface area contributed by atoms with Gasteiger partial charge in [-0.3, -0.25) is 9.59 Å². The van der Waals surface area contributed by atoms with Gasteiger partial charge in [0.05, 0.1) is 19.2 Å². The number of likely N-dealkylation sites (N-methyl/N-ethyl adjacent to an activating group) is 1. The predicted molar refractivity (Wildman–Crippen MR) is 143 cm³/mol. The second kappa shape index (κ2) is 12.8. The Hall–Kier alpha value is -2.59. The summed E-state index contributed by atoms with van der Waals surface area (Å²) in [5, 5.41) is 9.90. The summed E-state index contributed by atoms with van der Waals surface area (Å²) in [6.45, 7) is 4.60. The summed E-state index contributed by atoms with van der Waals surface area (Å²) >= 11 is 0. The van der Waals surface area contributed by atoms with Gasteiger partial charge in [0.25, 0.3) is 5.91 Å². The zero-order valence-corrected chi connectivity index (χ0v) is 22.7. The van der Waals surface area contributed by atoms with Gasteiger partial charge in [-0.05, 0) is 38.7 Å². The molecule has 0 radical (unpaired) electrons. The number of rotatable bonds is 5. The summed E-state index contributed by atoms with van der Waals surface area (Å²) in [7, 11) is 1.85. The molecule has 3 aliphatic rings. The molecular weight excluding hydrogens is 466 g/mol. The van der Waals surface area contributed by atoms with Crippen molar-refractivity contribution in [1.82, 2.24) is 14.8 Å². The van der Waals surface area contributed by atoms with Crippen LogP contribution in [0.4, 0.5) is 0 Å². The van der Waals surface area contributed by atoms with Gasteiger partial charge in [-0.1, -0.05) is 57.3 Å². The van der Waals surface area contributed by atoms with Crippen LogP contribution in [0.2, 0.25) is 0 Å². The average Bonchev–Trinajstić information content (AvgIpc) is 2.94. The van der Waals surface area contributed by atoms with Gasteiger partial charge >= 0.3 is 0 Å². The lowest BCUT2D eigenvalue weighted by molar-refractivity contribution is -0.136. The van der Waals surface area contributed by atoms with Gasteiger partial charge in [0.1, 0.15) is 11.7 Å². The third-order valence-corrected chi connectivity index (χ3v) is 8.33. The summed E-state index contributed by atoms with van der Waals surface area (Å²) in [6, 6.07) is 1.43. The minimum absolute atomic E-state index is 0.0553. The van der Waals surface area contributed by atoms with E-state index in [9.17, 15) is 14.7 Å². The standard InChI is InChI=1S/C30H43N3O4/c1-21-18-33(22(2)20-34)30(36)26-16-24(15-14-23-10-6-4-7-11-23)17-31-28(26)37-27(21)19-32(3)29(35)25-12-8-5-9-13-25/h16-17,21-23,25,27,34H,4-13,18-20H2,1-3H3/t21-,22+,27+/m0/s1. The van der Waals surface area contributed by atoms with E-state index >= 15 is 0 Å². The molecule has 1 aliphatic heterocycles. The lowest BCUT2D eigenvalue weighted by atomic mass is 9.88. The number of amides is 2. The zero-order valence-electron chi connectivity index (χ0n) is 22.7. The quantitative estimate of drug-likeness (QED) is 0.600. The monoisotopic (exact) mass is 509 g/mol. The van der Waals surface area contributed by atoms with Crippen LogP contribution < -0.4 is 4.74 Å². The van der Waals surface area contributed by atoms with E-state index in [0.29, 0.717) is 30.1 Å². The van der Waals surface area contributed by atoms with Crippen molar-refractivity contribution in [2.75, 3.05) is 26.7 Å². The number of aliphatic hydroxyl groups is 1. The molecule has 0 saturated heterocycles. The highest BCUT2D eigenvalue weighted by atomic mass is 16.5. The van der Waals surface area contributed by atoms with E-state index in [4.69, 9.17) is 4.74 Å². The number of nitrogens with zero attached hydrogens (tertiary/aromatic N) is 3. The second-order valence-corrected chi connectivity index (χ2v) is 11.4. The van der Waals surface area contributed by atoms with Crippen LogP contribution in [-0.4, -0.2) is 70.6 Å². The van der Waals surface area contributed by atoms with Crippen molar-refractivity contribution in [3.05, 3.63) is 23.4 Å². The van der Waals surface area contributed by atoms with Gasteiger partial charge in [-0.2, -0.15) is 0 Å². The molecule has 2 heterocycles. The fourth-order valence-electron chi connectivity index (χ4n) is 5.84. The average molecular weight is 510 g/mol. The maximum absolute atomic E-state index is 13.6. The van der Waals surface area contributed by atoms with Crippen molar-refractivity contribution in [2.24, 2.45) is 17.8 Å². The highest BCUT2D eigenvalue weighted by Crippen LogP contribution is 2.29. The molecule has 4 rings (SSSR count). The summed E-state index contributed by atoms with van der Waals surface area (Å²) in [6.07, 6.45) is 12.7. The van der Waals surface area contributed by atoms with Crippen molar-refractivity contribution in [2.45, 2.75) is 90.2 Å². The summed E-state index contributed by atoms with van der Waals surface area (Å²) < 4.78 is 6.38. The normalized spacial score (nSPS) is 24.1. The summed E-state index contributed by atoms with van der Waals surface area (Å²) in [5.41, 5.74) is 1.07. The Labute approximate surface area is 222 Å². The van der Waals surface area contributed by atoms with E-state index in [0.717, 1.165) is 38.5 Å². The molecule has 0 unspecified atom stereocenters. The largest absolute Gasteiger partial charge is 0.472 e. The van der Waals surface area contributed by atoms with Crippen LogP contribution in [0.5, 0.6) is 5.88 Å². The Morgan fingerprint density at radius 2 is 1.86 bits per heavy atom. The van der Waals surface area contributed by atoms with Crippen molar-refractivity contribution < 1.29 is 19.4 Å². The van der Waals surface area contributed by atoms with Crippen molar-refractivity contribution in [3.8, 4) is 17.7 Å². The minimum atomic E-state index is -0.347. The zero-order chi connectivity index (χ0) is 26.4. The highest BCUT2D eigenvalue weighted by molar-refractivity contribution is 5.97. The molecule has 0 aromatic carbocycles. The predicted octanol–water partition coefficient (Wildman–Crippen LogP) is 4.27. The number of hydrogen-bond donors (Lipinski definition) is 1. The van der Waals surface area contributed by atoms with Gasteiger partial charge in [-0.25, -0.2) is 4.98 Å². The topological polar surface area (TPSA) is 83.0 Å². The SMILES string of the molecule is C[C@H](CO)N1C[C@H](C)[C@@H](CN(C)C(=O)C2CCCCC2)Oc2ncc(C#CC3CCCCC3)cc2C1=O. The number of ether oxygens (including phenoxy) is 1. The van der Waals surface area contributed by atoms with Crippen LogP contribution in [-0.2, 0) is 4.79 Å². The molecule has 0 bridgehead atoms. The lowest BCUT2D eigenvalue weighted by Gasteiger charge is -2.38. The van der Waals surface area contributed by atoms with Crippen molar-refractivity contribution in [1.29, 1.82) is 0 Å². The van der Waals surface area contributed by atoms with E-state index in [1.54, 1.807) is 22.1 Å². The second-order valence-electron chi connectivity index (χ2n) is 11.4. The molecule has 2 fully saturated rings. The van der Waals surface area contributed by atoms with Crippen LogP contribution in [0.25, 0.3) is 0 Å².